The number of aromatic amines is 1. The smallest absolute Gasteiger partial charge is 0.256 e. The summed E-state index contributed by atoms with van der Waals surface area (Å²) < 4.78 is 0.883. The number of pyridine rings is 1. The Labute approximate surface area is 197 Å². The van der Waals surface area contributed by atoms with Crippen molar-refractivity contribution >= 4 is 33.4 Å². The van der Waals surface area contributed by atoms with Crippen LogP contribution in [-0.4, -0.2) is 37.4 Å². The fraction of sp³-hybridized carbons (Fsp3) is 0.304. The minimum Gasteiger partial charge on any atom is -0.378 e. The summed E-state index contributed by atoms with van der Waals surface area (Å²) in [6.07, 6.45) is 4.45. The zero-order valence-electron chi connectivity index (χ0n) is 17.0. The number of aromatic nitrogens is 3. The first kappa shape index (κ1) is 21.3. The van der Waals surface area contributed by atoms with Gasteiger partial charge in [0.1, 0.15) is 5.82 Å². The second-order valence-corrected chi connectivity index (χ2v) is 9.63. The first-order valence-corrected chi connectivity index (χ1v) is 11.5. The molecule has 1 aromatic carbocycles. The zero-order valence-corrected chi connectivity index (χ0v) is 19.4. The van der Waals surface area contributed by atoms with Crippen LogP contribution in [0.1, 0.15) is 47.2 Å². The highest BCUT2D eigenvalue weighted by molar-refractivity contribution is 9.10. The summed E-state index contributed by atoms with van der Waals surface area (Å²) in [5.74, 6) is 0.195. The van der Waals surface area contributed by atoms with Gasteiger partial charge >= 0.3 is 0 Å². The Balaban J connectivity index is 1.41. The molecule has 0 radical (unpaired) electrons. The van der Waals surface area contributed by atoms with Crippen molar-refractivity contribution in [3.8, 4) is 0 Å². The van der Waals surface area contributed by atoms with Crippen LogP contribution in [0, 0.1) is 0 Å². The molecule has 1 fully saturated rings. The highest BCUT2D eigenvalue weighted by atomic mass is 79.9. The van der Waals surface area contributed by atoms with Gasteiger partial charge in [-0.15, -0.1) is 0 Å². The molecular formula is C23H20BrClN4O3. The molecule has 1 atom stereocenters. The maximum absolute atomic E-state index is 13.0. The van der Waals surface area contributed by atoms with Gasteiger partial charge in [-0.1, -0.05) is 23.7 Å². The lowest BCUT2D eigenvalue weighted by atomic mass is 9.96. The van der Waals surface area contributed by atoms with Crippen molar-refractivity contribution in [2.24, 2.45) is 0 Å². The third-order valence-corrected chi connectivity index (χ3v) is 6.91. The van der Waals surface area contributed by atoms with E-state index in [-0.39, 0.29) is 17.5 Å². The molecule has 2 aliphatic rings. The Morgan fingerprint density at radius 1 is 1.28 bits per heavy atom. The number of nitrogens with zero attached hydrogens (tertiary/aromatic N) is 3. The summed E-state index contributed by atoms with van der Waals surface area (Å²) in [7, 11) is 0. The number of amides is 1. The predicted octanol–water partition coefficient (Wildman–Crippen LogP) is 3.28. The molecular weight excluding hydrogens is 496 g/mol. The van der Waals surface area contributed by atoms with Crippen molar-refractivity contribution in [1.82, 2.24) is 19.9 Å². The molecule has 9 heteroatoms. The molecule has 0 spiro atoms. The van der Waals surface area contributed by atoms with Gasteiger partial charge in [-0.3, -0.25) is 14.6 Å². The van der Waals surface area contributed by atoms with Gasteiger partial charge in [0.15, 0.2) is 6.10 Å². The van der Waals surface area contributed by atoms with E-state index in [0.29, 0.717) is 40.6 Å². The van der Waals surface area contributed by atoms with Crippen LogP contribution in [0.15, 0.2) is 52.0 Å². The Hall–Kier alpha value is -2.55. The fourth-order valence-electron chi connectivity index (χ4n) is 4.29. The molecule has 0 bridgehead atoms. The lowest BCUT2D eigenvalue weighted by molar-refractivity contribution is -0.141. The molecule has 1 amide bonds. The second kappa shape index (κ2) is 8.10. The lowest BCUT2D eigenvalue weighted by Gasteiger charge is -2.30. The fourth-order valence-corrected chi connectivity index (χ4v) is 4.86. The summed E-state index contributed by atoms with van der Waals surface area (Å²) in [4.78, 5) is 39.4. The van der Waals surface area contributed by atoms with Gasteiger partial charge in [0.2, 0.25) is 0 Å². The zero-order chi connectivity index (χ0) is 22.5. The van der Waals surface area contributed by atoms with Crippen LogP contribution in [0.5, 0.6) is 0 Å². The Morgan fingerprint density at radius 2 is 2.09 bits per heavy atom. The van der Waals surface area contributed by atoms with Crippen LogP contribution >= 0.6 is 27.5 Å². The second-order valence-electron chi connectivity index (χ2n) is 8.28. The molecule has 1 saturated carbocycles. The number of H-pyrrole nitrogens is 1. The van der Waals surface area contributed by atoms with Crippen molar-refractivity contribution in [1.29, 1.82) is 0 Å². The van der Waals surface area contributed by atoms with Crippen molar-refractivity contribution in [3.63, 3.8) is 0 Å². The summed E-state index contributed by atoms with van der Waals surface area (Å²) in [6.45, 7) is 0.491. The Morgan fingerprint density at radius 3 is 2.81 bits per heavy atom. The molecule has 0 unspecified atom stereocenters. The standard InChI is InChI=1S/C23H20BrClN4O3/c24-15-9-14(10-26-11-15)23(5-6-23)22-27-18-4-7-29(12-17(18)20(31)28-22)21(32)19(30)13-2-1-3-16(25)8-13/h1-3,8-11,19,30H,4-7,12H2,(H,27,28,31)/t19-/m1/s1. The first-order chi connectivity index (χ1) is 15.4. The molecule has 1 aliphatic carbocycles. The Bertz CT molecular complexity index is 1270. The van der Waals surface area contributed by atoms with Crippen molar-refractivity contribution in [2.75, 3.05) is 6.54 Å². The van der Waals surface area contributed by atoms with Crippen LogP contribution < -0.4 is 5.56 Å². The summed E-state index contributed by atoms with van der Waals surface area (Å²) in [5.41, 5.74) is 2.06. The van der Waals surface area contributed by atoms with Gasteiger partial charge in [0, 0.05) is 34.9 Å². The minimum absolute atomic E-state index is 0.111. The van der Waals surface area contributed by atoms with E-state index in [1.807, 2.05) is 12.3 Å². The molecule has 32 heavy (non-hydrogen) atoms. The van der Waals surface area contributed by atoms with Crippen LogP contribution in [0.4, 0.5) is 0 Å². The molecule has 164 valence electrons. The molecule has 1 aliphatic heterocycles. The lowest BCUT2D eigenvalue weighted by Crippen LogP contribution is -2.42. The monoisotopic (exact) mass is 514 g/mol. The van der Waals surface area contributed by atoms with Gasteiger partial charge in [-0.2, -0.15) is 0 Å². The number of nitrogens with one attached hydrogen (secondary N) is 1. The van der Waals surface area contributed by atoms with Crippen LogP contribution in [0.2, 0.25) is 5.02 Å². The van der Waals surface area contributed by atoms with Gasteiger partial charge < -0.3 is 15.0 Å². The number of carbonyl (C=O) groups is 1. The minimum atomic E-state index is -1.33. The Kier molecular flexibility index (Phi) is 5.39. The average molecular weight is 516 g/mol. The van der Waals surface area contributed by atoms with E-state index in [0.717, 1.165) is 22.9 Å². The van der Waals surface area contributed by atoms with Gasteiger partial charge in [-0.25, -0.2) is 4.98 Å². The molecule has 3 aromatic rings. The third kappa shape index (κ3) is 3.76. The SMILES string of the molecule is O=C([C@H](O)c1cccc(Cl)c1)N1CCc2nc(C3(c4cncc(Br)c4)CC3)[nH]c(=O)c2C1. The van der Waals surface area contributed by atoms with Crippen molar-refractivity contribution in [3.05, 3.63) is 90.8 Å². The van der Waals surface area contributed by atoms with E-state index >= 15 is 0 Å². The molecule has 0 saturated heterocycles. The summed E-state index contributed by atoms with van der Waals surface area (Å²) >= 11 is 9.44. The summed E-state index contributed by atoms with van der Waals surface area (Å²) in [5, 5.41) is 11.0. The maximum atomic E-state index is 13.0. The largest absolute Gasteiger partial charge is 0.378 e. The predicted molar refractivity (Wildman–Crippen MR) is 122 cm³/mol. The number of hydrogen-bond donors (Lipinski definition) is 2. The van der Waals surface area contributed by atoms with Crippen LogP contribution in [0.3, 0.4) is 0 Å². The van der Waals surface area contributed by atoms with E-state index in [1.54, 1.807) is 30.5 Å². The number of aliphatic hydroxyl groups excluding tert-OH is 1. The van der Waals surface area contributed by atoms with Gasteiger partial charge in [-0.05, 0) is 58.1 Å². The number of hydrogen-bond acceptors (Lipinski definition) is 5. The number of rotatable bonds is 4. The highest BCUT2D eigenvalue weighted by Gasteiger charge is 2.49. The number of carbonyl (C=O) groups excluding carboxylic acids is 1. The normalized spacial score (nSPS) is 17.5. The molecule has 5 rings (SSSR count). The third-order valence-electron chi connectivity index (χ3n) is 6.24. The highest BCUT2D eigenvalue weighted by Crippen LogP contribution is 2.52. The average Bonchev–Trinajstić information content (AvgIpc) is 3.60. The van der Waals surface area contributed by atoms with E-state index in [9.17, 15) is 14.7 Å². The number of halogens is 2. The number of benzene rings is 1. The molecule has 3 heterocycles. The van der Waals surface area contributed by atoms with Crippen LogP contribution in [-0.2, 0) is 23.2 Å². The first-order valence-electron chi connectivity index (χ1n) is 10.3. The maximum Gasteiger partial charge on any atom is 0.256 e. The van der Waals surface area contributed by atoms with E-state index in [2.05, 4.69) is 25.9 Å². The molecule has 2 aromatic heterocycles. The molecule has 7 nitrogen and oxygen atoms in total. The summed E-state index contributed by atoms with van der Waals surface area (Å²) in [6, 6.07) is 8.59. The number of fused-ring (bicyclic) bond motifs is 1. The topological polar surface area (TPSA) is 99.2 Å². The van der Waals surface area contributed by atoms with E-state index in [1.165, 1.54) is 4.90 Å². The number of aliphatic hydroxyl groups is 1. The van der Waals surface area contributed by atoms with Crippen molar-refractivity contribution < 1.29 is 9.90 Å². The van der Waals surface area contributed by atoms with Crippen LogP contribution in [0.25, 0.3) is 0 Å². The quantitative estimate of drug-likeness (QED) is 0.556. The van der Waals surface area contributed by atoms with E-state index < -0.39 is 12.0 Å². The van der Waals surface area contributed by atoms with Crippen molar-refractivity contribution in [2.45, 2.75) is 37.3 Å². The van der Waals surface area contributed by atoms with E-state index in [4.69, 9.17) is 16.6 Å². The molecule has 2 N–H and O–H groups in total. The van der Waals surface area contributed by atoms with Gasteiger partial charge in [0.25, 0.3) is 11.5 Å². The van der Waals surface area contributed by atoms with Gasteiger partial charge in [0.05, 0.1) is 23.2 Å².